The number of hydrogen-bond acceptors (Lipinski definition) is 5. The Hall–Kier alpha value is -3.60. The molecule has 2 N–H and O–H groups in total. The van der Waals surface area contributed by atoms with Gasteiger partial charge in [-0.05, 0) is 44.9 Å². The van der Waals surface area contributed by atoms with E-state index in [1.54, 1.807) is 43.5 Å². The molecule has 5 atom stereocenters. The molecule has 1 aromatic heterocycles. The van der Waals surface area contributed by atoms with E-state index in [4.69, 9.17) is 10.5 Å². The van der Waals surface area contributed by atoms with Crippen molar-refractivity contribution in [1.82, 2.24) is 4.98 Å². The first kappa shape index (κ1) is 25.5. The summed E-state index contributed by atoms with van der Waals surface area (Å²) in [5, 5.41) is 9.35. The molecule has 1 aromatic carbocycles. The maximum absolute atomic E-state index is 15.4. The maximum atomic E-state index is 15.4. The van der Waals surface area contributed by atoms with E-state index in [1.807, 2.05) is 18.2 Å². The number of aromatic nitrogens is 1. The van der Waals surface area contributed by atoms with Crippen molar-refractivity contribution >= 4 is 18.0 Å². The summed E-state index contributed by atoms with van der Waals surface area (Å²) >= 11 is 0. The Morgan fingerprint density at radius 2 is 1.94 bits per heavy atom. The highest BCUT2D eigenvalue weighted by atomic mass is 19.3. The number of esters is 1. The molecule has 1 amide bonds. The molecule has 1 aliphatic heterocycles. The van der Waals surface area contributed by atoms with Crippen molar-refractivity contribution in [2.75, 3.05) is 0 Å². The fraction of sp³-hybridized carbons (Fsp3) is 0.429. The number of benzene rings is 1. The normalized spacial score (nSPS) is 29.4. The van der Waals surface area contributed by atoms with Gasteiger partial charge in [-0.15, -0.1) is 0 Å². The largest absolute Gasteiger partial charge is 0.462 e. The van der Waals surface area contributed by atoms with Gasteiger partial charge in [0.05, 0.1) is 28.2 Å². The van der Waals surface area contributed by atoms with E-state index in [0.717, 1.165) is 11.1 Å². The number of allylic oxidation sites excluding steroid dienone is 1. The van der Waals surface area contributed by atoms with Crippen molar-refractivity contribution < 1.29 is 23.1 Å². The number of cyclic esters (lactones) is 1. The van der Waals surface area contributed by atoms with Gasteiger partial charge in [-0.25, -0.2) is 8.78 Å². The van der Waals surface area contributed by atoms with E-state index in [1.165, 1.54) is 20.8 Å². The molecular formula is C28H29F2N3O3. The number of ether oxygens (including phenoxy) is 1. The second kappa shape index (κ2) is 8.81. The molecule has 8 heteroatoms. The molecule has 188 valence electrons. The van der Waals surface area contributed by atoms with Crippen LogP contribution in [0.1, 0.15) is 45.4 Å². The van der Waals surface area contributed by atoms with Crippen LogP contribution in [0.25, 0.3) is 17.2 Å². The van der Waals surface area contributed by atoms with Crippen molar-refractivity contribution in [1.29, 1.82) is 5.26 Å². The van der Waals surface area contributed by atoms with Crippen LogP contribution < -0.4 is 5.73 Å². The van der Waals surface area contributed by atoms with Crippen LogP contribution >= 0.6 is 0 Å². The Bertz CT molecular complexity index is 1270. The summed E-state index contributed by atoms with van der Waals surface area (Å²) < 4.78 is 36.4. The summed E-state index contributed by atoms with van der Waals surface area (Å²) in [6.07, 6.45) is 3.47. The molecule has 0 spiro atoms. The molecule has 2 aromatic rings. The Kier molecular flexibility index (Phi) is 6.24. The lowest BCUT2D eigenvalue weighted by Crippen LogP contribution is -2.62. The van der Waals surface area contributed by atoms with Crippen molar-refractivity contribution in [2.24, 2.45) is 34.3 Å². The zero-order valence-corrected chi connectivity index (χ0v) is 20.7. The van der Waals surface area contributed by atoms with E-state index in [-0.39, 0.29) is 0 Å². The molecule has 0 radical (unpaired) electrons. The van der Waals surface area contributed by atoms with Gasteiger partial charge in [0.15, 0.2) is 0 Å². The summed E-state index contributed by atoms with van der Waals surface area (Å²) in [5.41, 5.74) is 4.91. The Morgan fingerprint density at radius 3 is 2.56 bits per heavy atom. The van der Waals surface area contributed by atoms with Crippen LogP contribution in [0.2, 0.25) is 0 Å². The Balaban J connectivity index is 1.72. The average molecular weight is 494 g/mol. The van der Waals surface area contributed by atoms with E-state index >= 15 is 8.78 Å². The minimum absolute atomic E-state index is 0.522. The van der Waals surface area contributed by atoms with Gasteiger partial charge in [0.25, 0.3) is 5.92 Å². The van der Waals surface area contributed by atoms with Crippen LogP contribution in [0.5, 0.6) is 0 Å². The average Bonchev–Trinajstić information content (AvgIpc) is 3.09. The van der Waals surface area contributed by atoms with Gasteiger partial charge < -0.3 is 10.5 Å². The minimum atomic E-state index is -3.22. The third-order valence-electron chi connectivity index (χ3n) is 8.27. The highest BCUT2D eigenvalue weighted by molar-refractivity contribution is 5.91. The van der Waals surface area contributed by atoms with Crippen LogP contribution in [-0.2, 0) is 14.3 Å². The van der Waals surface area contributed by atoms with Gasteiger partial charge in [0, 0.05) is 35.6 Å². The SMILES string of the molecule is C[C@H]1OC(=O)C2(C(C)(C)C(N)=O)CC(F)(F)[C@@H](C)[C@H](/C=C/c3ccc(-c4ccccc4C#N)cn3)[C@H]12. The number of alkyl halides is 2. The third-order valence-corrected chi connectivity index (χ3v) is 8.27. The topological polar surface area (TPSA) is 106 Å². The number of nitrogens with zero attached hydrogens (tertiary/aromatic N) is 2. The number of fused-ring (bicyclic) bond motifs is 1. The summed E-state index contributed by atoms with van der Waals surface area (Å²) in [6.45, 7) is 6.04. The fourth-order valence-electron chi connectivity index (χ4n) is 5.95. The van der Waals surface area contributed by atoms with Crippen molar-refractivity contribution in [2.45, 2.75) is 46.1 Å². The Labute approximate surface area is 209 Å². The van der Waals surface area contributed by atoms with Crippen LogP contribution in [-0.4, -0.2) is 28.9 Å². The summed E-state index contributed by atoms with van der Waals surface area (Å²) in [5.74, 6) is -7.38. The zero-order chi connectivity index (χ0) is 26.5. The lowest BCUT2D eigenvalue weighted by atomic mass is 9.48. The monoisotopic (exact) mass is 493 g/mol. The van der Waals surface area contributed by atoms with Crippen LogP contribution in [0.4, 0.5) is 8.78 Å². The van der Waals surface area contributed by atoms with E-state index in [9.17, 15) is 14.9 Å². The van der Waals surface area contributed by atoms with Gasteiger partial charge in [-0.2, -0.15) is 5.26 Å². The maximum Gasteiger partial charge on any atom is 0.314 e. The van der Waals surface area contributed by atoms with Gasteiger partial charge >= 0.3 is 5.97 Å². The lowest BCUT2D eigenvalue weighted by molar-refractivity contribution is -0.194. The summed E-state index contributed by atoms with van der Waals surface area (Å²) in [6, 6.07) is 12.9. The molecule has 2 aliphatic rings. The first-order valence-electron chi connectivity index (χ1n) is 11.9. The highest BCUT2D eigenvalue weighted by Crippen LogP contribution is 2.65. The quantitative estimate of drug-likeness (QED) is 0.591. The van der Waals surface area contributed by atoms with E-state index < -0.39 is 58.9 Å². The number of halogens is 2. The summed E-state index contributed by atoms with van der Waals surface area (Å²) in [7, 11) is 0. The minimum Gasteiger partial charge on any atom is -0.462 e. The molecule has 2 heterocycles. The first-order valence-corrected chi connectivity index (χ1v) is 11.9. The predicted molar refractivity (Wildman–Crippen MR) is 130 cm³/mol. The molecule has 1 saturated carbocycles. The molecule has 4 rings (SSSR count). The number of pyridine rings is 1. The van der Waals surface area contributed by atoms with Crippen molar-refractivity contribution in [3.63, 3.8) is 0 Å². The lowest BCUT2D eigenvalue weighted by Gasteiger charge is -2.53. The molecule has 1 unspecified atom stereocenters. The van der Waals surface area contributed by atoms with Gasteiger partial charge in [-0.1, -0.05) is 37.3 Å². The van der Waals surface area contributed by atoms with Gasteiger partial charge in [0.1, 0.15) is 6.10 Å². The number of hydrogen-bond donors (Lipinski definition) is 1. The van der Waals surface area contributed by atoms with E-state index in [0.29, 0.717) is 11.3 Å². The second-order valence-electron chi connectivity index (χ2n) is 10.4. The Morgan fingerprint density at radius 1 is 1.25 bits per heavy atom. The van der Waals surface area contributed by atoms with Crippen LogP contribution in [0.3, 0.4) is 0 Å². The first-order chi connectivity index (χ1) is 16.9. The molecule has 1 aliphatic carbocycles. The zero-order valence-electron chi connectivity index (χ0n) is 20.7. The molecular weight excluding hydrogens is 464 g/mol. The van der Waals surface area contributed by atoms with Crippen molar-refractivity contribution in [3.05, 3.63) is 59.9 Å². The number of primary amides is 1. The number of carbonyl (C=O) groups is 2. The molecule has 2 fully saturated rings. The number of rotatable bonds is 5. The number of amides is 1. The standard InChI is InChI=1S/C28H29F2N3O3/c1-16-21(12-11-20-10-9-19(14-33-20)22-8-6-5-7-18(22)13-31)23-17(2)36-25(35)27(23,15-28(16,29)30)26(3,4)24(32)34/h5-12,14,16-17,21,23H,15H2,1-4H3,(H2,32,34)/b12-11+/t16-,17+,21-,23-,27?/m0/s1. The molecule has 1 saturated heterocycles. The smallest absolute Gasteiger partial charge is 0.314 e. The highest BCUT2D eigenvalue weighted by Gasteiger charge is 2.73. The third kappa shape index (κ3) is 3.78. The van der Waals surface area contributed by atoms with Crippen molar-refractivity contribution in [3.8, 4) is 17.2 Å². The fourth-order valence-corrected chi connectivity index (χ4v) is 5.95. The predicted octanol–water partition coefficient (Wildman–Crippen LogP) is 4.98. The number of carbonyl (C=O) groups excluding carboxylic acids is 2. The number of nitrogens with two attached hydrogens (primary N) is 1. The molecule has 36 heavy (non-hydrogen) atoms. The molecule has 0 bridgehead atoms. The van der Waals surface area contributed by atoms with Gasteiger partial charge in [0.2, 0.25) is 5.91 Å². The van der Waals surface area contributed by atoms with E-state index in [2.05, 4.69) is 11.1 Å². The van der Waals surface area contributed by atoms with Crippen LogP contribution in [0.15, 0.2) is 48.7 Å². The van der Waals surface area contributed by atoms with Crippen LogP contribution in [0, 0.1) is 39.9 Å². The summed E-state index contributed by atoms with van der Waals surface area (Å²) in [4.78, 5) is 29.9. The second-order valence-corrected chi connectivity index (χ2v) is 10.4. The number of nitriles is 1. The van der Waals surface area contributed by atoms with Gasteiger partial charge in [-0.3, -0.25) is 14.6 Å². The molecule has 6 nitrogen and oxygen atoms in total.